The van der Waals surface area contributed by atoms with Gasteiger partial charge in [-0.25, -0.2) is 19.7 Å². The highest BCUT2D eigenvalue weighted by molar-refractivity contribution is 7.21. The lowest BCUT2D eigenvalue weighted by Gasteiger charge is -2.07. The second kappa shape index (κ2) is 9.27. The molecule has 2 aromatic heterocycles. The Morgan fingerprint density at radius 3 is 2.61 bits per heavy atom. The Balaban J connectivity index is 1.52. The van der Waals surface area contributed by atoms with Gasteiger partial charge < -0.3 is 10.1 Å². The lowest BCUT2D eigenvalue weighted by atomic mass is 10.2. The van der Waals surface area contributed by atoms with Gasteiger partial charge in [0.15, 0.2) is 5.69 Å². The number of amides is 1. The van der Waals surface area contributed by atoms with Gasteiger partial charge in [-0.3, -0.25) is 4.79 Å². The molecule has 0 aliphatic heterocycles. The van der Waals surface area contributed by atoms with E-state index < -0.39 is 5.97 Å². The van der Waals surface area contributed by atoms with Crippen LogP contribution in [0.2, 0.25) is 0 Å². The summed E-state index contributed by atoms with van der Waals surface area (Å²) in [5, 5.41) is 3.47. The molecule has 0 bridgehead atoms. The van der Waals surface area contributed by atoms with Crippen LogP contribution in [0.25, 0.3) is 27.0 Å². The van der Waals surface area contributed by atoms with Crippen LogP contribution in [0.5, 0.6) is 0 Å². The first-order valence-electron chi connectivity index (χ1n) is 9.57. The number of hydrogen-bond acceptors (Lipinski definition) is 7. The Labute approximate surface area is 182 Å². The number of benzene rings is 2. The maximum absolute atomic E-state index is 12.9. The number of fused-ring (bicyclic) bond motifs is 1. The Morgan fingerprint density at radius 2 is 1.84 bits per heavy atom. The maximum Gasteiger partial charge on any atom is 0.330 e. The van der Waals surface area contributed by atoms with Crippen LogP contribution in [-0.4, -0.2) is 33.4 Å². The predicted octanol–water partition coefficient (Wildman–Crippen LogP) is 4.58. The normalized spacial score (nSPS) is 11.0. The summed E-state index contributed by atoms with van der Waals surface area (Å²) in [5.41, 5.74) is 2.90. The van der Waals surface area contributed by atoms with Crippen molar-refractivity contribution in [2.45, 2.75) is 6.92 Å². The summed E-state index contributed by atoms with van der Waals surface area (Å²) >= 11 is 1.46. The molecule has 1 N–H and O–H groups in total. The van der Waals surface area contributed by atoms with Crippen molar-refractivity contribution in [3.05, 3.63) is 78.3 Å². The molecule has 31 heavy (non-hydrogen) atoms. The van der Waals surface area contributed by atoms with Gasteiger partial charge in [0.25, 0.3) is 5.91 Å². The number of anilines is 1. The standard InChI is InChI=1S/C23H18N4O3S/c1-2-30-19(28)12-9-15-7-10-16(11-8-15)26-22(29)20-21(25-14-13-24-20)23-27-17-5-3-4-6-18(17)31-23/h3-14H,2H2,1H3,(H,26,29). The molecule has 0 atom stereocenters. The van der Waals surface area contributed by atoms with Gasteiger partial charge in [-0.15, -0.1) is 11.3 Å². The number of thiazole rings is 1. The third-order valence-electron chi connectivity index (χ3n) is 4.28. The van der Waals surface area contributed by atoms with Crippen LogP contribution >= 0.6 is 11.3 Å². The average molecular weight is 430 g/mol. The third-order valence-corrected chi connectivity index (χ3v) is 5.32. The van der Waals surface area contributed by atoms with Gasteiger partial charge in [-0.1, -0.05) is 24.3 Å². The molecule has 1 amide bonds. The summed E-state index contributed by atoms with van der Waals surface area (Å²) in [6, 6.07) is 14.8. The van der Waals surface area contributed by atoms with E-state index in [1.54, 1.807) is 43.5 Å². The summed E-state index contributed by atoms with van der Waals surface area (Å²) < 4.78 is 5.87. The molecule has 0 saturated heterocycles. The second-order valence-electron chi connectivity index (χ2n) is 6.40. The Bertz CT molecular complexity index is 1230. The Hall–Kier alpha value is -3.91. The van der Waals surface area contributed by atoms with E-state index in [1.165, 1.54) is 23.6 Å². The quantitative estimate of drug-likeness (QED) is 0.355. The topological polar surface area (TPSA) is 94.1 Å². The molecular weight excluding hydrogens is 412 g/mol. The van der Waals surface area contributed by atoms with Gasteiger partial charge in [0.2, 0.25) is 0 Å². The number of ether oxygens (including phenoxy) is 1. The van der Waals surface area contributed by atoms with Crippen LogP contribution < -0.4 is 5.32 Å². The highest BCUT2D eigenvalue weighted by atomic mass is 32.1. The van der Waals surface area contributed by atoms with Crippen LogP contribution in [0.4, 0.5) is 5.69 Å². The number of carbonyl (C=O) groups is 2. The smallest absolute Gasteiger partial charge is 0.330 e. The fourth-order valence-electron chi connectivity index (χ4n) is 2.86. The van der Waals surface area contributed by atoms with Crippen LogP contribution in [0.15, 0.2) is 67.0 Å². The number of nitrogens with zero attached hydrogens (tertiary/aromatic N) is 3. The van der Waals surface area contributed by atoms with Crippen molar-refractivity contribution in [3.8, 4) is 10.7 Å². The molecule has 0 spiro atoms. The molecule has 2 heterocycles. The zero-order valence-electron chi connectivity index (χ0n) is 16.6. The number of rotatable bonds is 6. The van der Waals surface area contributed by atoms with Gasteiger partial charge in [-0.2, -0.15) is 0 Å². The Kier molecular flexibility index (Phi) is 6.09. The van der Waals surface area contributed by atoms with Crippen molar-refractivity contribution in [3.63, 3.8) is 0 Å². The second-order valence-corrected chi connectivity index (χ2v) is 7.43. The number of hydrogen-bond donors (Lipinski definition) is 1. The van der Waals surface area contributed by atoms with Crippen molar-refractivity contribution >= 4 is 45.2 Å². The molecule has 8 heteroatoms. The van der Waals surface area contributed by atoms with Gasteiger partial charge in [0, 0.05) is 24.2 Å². The summed E-state index contributed by atoms with van der Waals surface area (Å²) in [6.07, 6.45) is 6.04. The van der Waals surface area contributed by atoms with Gasteiger partial charge >= 0.3 is 5.97 Å². The number of carbonyl (C=O) groups excluding carboxylic acids is 2. The van der Waals surface area contributed by atoms with E-state index in [-0.39, 0.29) is 11.6 Å². The highest BCUT2D eigenvalue weighted by Crippen LogP contribution is 2.30. The molecule has 7 nitrogen and oxygen atoms in total. The lowest BCUT2D eigenvalue weighted by molar-refractivity contribution is -0.137. The largest absolute Gasteiger partial charge is 0.463 e. The molecule has 0 saturated carbocycles. The maximum atomic E-state index is 12.9. The zero-order chi connectivity index (χ0) is 21.6. The van der Waals surface area contributed by atoms with Gasteiger partial charge in [0.1, 0.15) is 10.7 Å². The van der Waals surface area contributed by atoms with Crippen molar-refractivity contribution in [1.29, 1.82) is 0 Å². The minimum Gasteiger partial charge on any atom is -0.463 e. The average Bonchev–Trinajstić information content (AvgIpc) is 3.23. The molecule has 0 radical (unpaired) electrons. The summed E-state index contributed by atoms with van der Waals surface area (Å²) in [4.78, 5) is 37.5. The van der Waals surface area contributed by atoms with E-state index in [1.807, 2.05) is 24.3 Å². The molecule has 4 aromatic rings. The highest BCUT2D eigenvalue weighted by Gasteiger charge is 2.19. The molecule has 0 unspecified atom stereocenters. The molecular formula is C23H18N4O3S. The van der Waals surface area contributed by atoms with Crippen molar-refractivity contribution in [2.24, 2.45) is 0 Å². The lowest BCUT2D eigenvalue weighted by Crippen LogP contribution is -2.15. The van der Waals surface area contributed by atoms with E-state index in [0.29, 0.717) is 23.0 Å². The van der Waals surface area contributed by atoms with E-state index in [4.69, 9.17) is 4.74 Å². The van der Waals surface area contributed by atoms with E-state index in [9.17, 15) is 9.59 Å². The zero-order valence-corrected chi connectivity index (χ0v) is 17.4. The monoisotopic (exact) mass is 430 g/mol. The van der Waals surface area contributed by atoms with Crippen molar-refractivity contribution in [1.82, 2.24) is 15.0 Å². The molecule has 154 valence electrons. The SMILES string of the molecule is CCOC(=O)C=Cc1ccc(NC(=O)c2nccnc2-c2nc3ccccc3s2)cc1. The van der Waals surface area contributed by atoms with Crippen LogP contribution in [-0.2, 0) is 9.53 Å². The van der Waals surface area contributed by atoms with E-state index in [0.717, 1.165) is 15.8 Å². The molecule has 4 rings (SSSR count). The molecule has 0 fully saturated rings. The summed E-state index contributed by atoms with van der Waals surface area (Å²) in [6.45, 7) is 2.08. The number of para-hydroxylation sites is 1. The molecule has 2 aromatic carbocycles. The van der Waals surface area contributed by atoms with E-state index >= 15 is 0 Å². The minimum absolute atomic E-state index is 0.202. The van der Waals surface area contributed by atoms with Crippen LogP contribution in [0, 0.1) is 0 Å². The molecule has 0 aliphatic carbocycles. The number of nitrogens with one attached hydrogen (secondary N) is 1. The predicted molar refractivity (Wildman–Crippen MR) is 121 cm³/mol. The summed E-state index contributed by atoms with van der Waals surface area (Å²) in [7, 11) is 0. The van der Waals surface area contributed by atoms with Crippen molar-refractivity contribution < 1.29 is 14.3 Å². The van der Waals surface area contributed by atoms with Crippen LogP contribution in [0.3, 0.4) is 0 Å². The Morgan fingerprint density at radius 1 is 1.06 bits per heavy atom. The van der Waals surface area contributed by atoms with Crippen molar-refractivity contribution in [2.75, 3.05) is 11.9 Å². The number of aromatic nitrogens is 3. The minimum atomic E-state index is -0.398. The molecule has 0 aliphatic rings. The van der Waals surface area contributed by atoms with Gasteiger partial charge in [-0.05, 0) is 42.8 Å². The fraction of sp³-hybridized carbons (Fsp3) is 0.0870. The van der Waals surface area contributed by atoms with Crippen LogP contribution in [0.1, 0.15) is 23.0 Å². The van der Waals surface area contributed by atoms with Gasteiger partial charge in [0.05, 0.1) is 16.8 Å². The number of esters is 1. The first kappa shape index (κ1) is 20.4. The summed E-state index contributed by atoms with van der Waals surface area (Å²) in [5.74, 6) is -0.776. The first-order chi connectivity index (χ1) is 15.1. The third kappa shape index (κ3) is 4.81. The van der Waals surface area contributed by atoms with E-state index in [2.05, 4.69) is 20.3 Å². The first-order valence-corrected chi connectivity index (χ1v) is 10.4. The fourth-order valence-corrected chi connectivity index (χ4v) is 3.82.